The predicted octanol–water partition coefficient (Wildman–Crippen LogP) is 5.25. The van der Waals surface area contributed by atoms with Gasteiger partial charge in [-0.1, -0.05) is 27.7 Å². The molecule has 0 spiro atoms. The smallest absolute Gasteiger partial charge is 0.205 e. The molecule has 0 saturated carbocycles. The highest BCUT2D eigenvalue weighted by Crippen LogP contribution is 2.36. The van der Waals surface area contributed by atoms with Crippen LogP contribution in [0.1, 0.15) is 67.9 Å². The van der Waals surface area contributed by atoms with E-state index in [9.17, 15) is 9.59 Å². The lowest BCUT2D eigenvalue weighted by atomic mass is 9.96. The van der Waals surface area contributed by atoms with E-state index in [0.29, 0.717) is 20.9 Å². The van der Waals surface area contributed by atoms with E-state index in [0.717, 1.165) is 9.75 Å². The van der Waals surface area contributed by atoms with Gasteiger partial charge in [0.15, 0.2) is 0 Å². The molecule has 0 radical (unpaired) electrons. The largest absolute Gasteiger partial charge is 0.288 e. The van der Waals surface area contributed by atoms with Crippen LogP contribution in [0.3, 0.4) is 0 Å². The van der Waals surface area contributed by atoms with E-state index in [1.165, 1.54) is 22.7 Å². The Morgan fingerprint density at radius 2 is 1.00 bits per heavy atom. The molecular formula is C16H20O2S2. The molecule has 2 aromatic rings. The van der Waals surface area contributed by atoms with Crippen molar-refractivity contribution in [1.29, 1.82) is 0 Å². The van der Waals surface area contributed by atoms with Gasteiger partial charge in [-0.15, -0.1) is 22.7 Å². The lowest BCUT2D eigenvalue weighted by molar-refractivity contribution is 0.0986. The first kappa shape index (κ1) is 16.8. The number of carbonyl (C=O) groups is 2. The third kappa shape index (κ3) is 2.76. The zero-order chi connectivity index (χ0) is 15.4. The maximum Gasteiger partial charge on any atom is 0.205 e. The van der Waals surface area contributed by atoms with Crippen LogP contribution in [0.2, 0.25) is 0 Å². The fraction of sp³-hybridized carbons (Fsp3) is 0.375. The van der Waals surface area contributed by atoms with Crippen LogP contribution in [-0.2, 0) is 0 Å². The number of hydrogen-bond acceptors (Lipinski definition) is 4. The van der Waals surface area contributed by atoms with Crippen molar-refractivity contribution in [3.8, 4) is 0 Å². The standard InChI is InChI=1S/C12H8O2S2.2C2H6/c1-5-3-7-9(13)12-8(4-6(2)16-12)10(14)11(7)15-5;2*1-2/h3-4H,1-2H3;2*1-2H3. The molecule has 0 N–H and O–H groups in total. The molecule has 1 aliphatic rings. The molecule has 4 heteroatoms. The van der Waals surface area contributed by atoms with Crippen molar-refractivity contribution in [2.75, 3.05) is 0 Å². The minimum absolute atomic E-state index is 0.00653. The van der Waals surface area contributed by atoms with E-state index < -0.39 is 0 Å². The van der Waals surface area contributed by atoms with Gasteiger partial charge in [0.25, 0.3) is 0 Å². The van der Waals surface area contributed by atoms with E-state index >= 15 is 0 Å². The quantitative estimate of drug-likeness (QED) is 0.568. The Balaban J connectivity index is 0.000000461. The Morgan fingerprint density at radius 1 is 0.700 bits per heavy atom. The Hall–Kier alpha value is -1.26. The molecule has 0 amide bonds. The van der Waals surface area contributed by atoms with Gasteiger partial charge >= 0.3 is 0 Å². The number of carbonyl (C=O) groups excluding carboxylic acids is 2. The van der Waals surface area contributed by atoms with Crippen molar-refractivity contribution in [2.24, 2.45) is 0 Å². The second-order valence-corrected chi connectivity index (χ2v) is 6.37. The van der Waals surface area contributed by atoms with Gasteiger partial charge in [0, 0.05) is 20.9 Å². The topological polar surface area (TPSA) is 34.1 Å². The summed E-state index contributed by atoms with van der Waals surface area (Å²) < 4.78 is 0. The molecule has 3 rings (SSSR count). The van der Waals surface area contributed by atoms with Crippen LogP contribution in [0.15, 0.2) is 12.1 Å². The van der Waals surface area contributed by atoms with Gasteiger partial charge in [0.2, 0.25) is 11.6 Å². The zero-order valence-corrected chi connectivity index (χ0v) is 14.4. The summed E-state index contributed by atoms with van der Waals surface area (Å²) in [5.74, 6) is 0.0131. The molecule has 108 valence electrons. The third-order valence-corrected chi connectivity index (χ3v) is 4.71. The molecule has 2 heterocycles. The summed E-state index contributed by atoms with van der Waals surface area (Å²) in [7, 11) is 0. The number of thiophene rings is 2. The van der Waals surface area contributed by atoms with Gasteiger partial charge in [0.05, 0.1) is 9.75 Å². The van der Waals surface area contributed by atoms with E-state index in [2.05, 4.69) is 0 Å². The normalized spacial score (nSPS) is 11.7. The molecule has 2 aromatic heterocycles. The van der Waals surface area contributed by atoms with E-state index in [4.69, 9.17) is 0 Å². The van der Waals surface area contributed by atoms with Crippen LogP contribution in [-0.4, -0.2) is 11.6 Å². The summed E-state index contributed by atoms with van der Waals surface area (Å²) in [5, 5.41) is 0. The van der Waals surface area contributed by atoms with E-state index in [1.807, 2.05) is 53.7 Å². The second kappa shape index (κ2) is 6.95. The highest BCUT2D eigenvalue weighted by Gasteiger charge is 2.33. The van der Waals surface area contributed by atoms with Gasteiger partial charge in [-0.3, -0.25) is 9.59 Å². The lowest BCUT2D eigenvalue weighted by Crippen LogP contribution is -2.15. The molecule has 0 aliphatic heterocycles. The van der Waals surface area contributed by atoms with Gasteiger partial charge in [-0.25, -0.2) is 0 Å². The summed E-state index contributed by atoms with van der Waals surface area (Å²) in [4.78, 5) is 27.5. The van der Waals surface area contributed by atoms with Crippen molar-refractivity contribution in [2.45, 2.75) is 41.5 Å². The number of aryl methyl sites for hydroxylation is 2. The van der Waals surface area contributed by atoms with Crippen LogP contribution in [0.5, 0.6) is 0 Å². The average molecular weight is 308 g/mol. The molecular weight excluding hydrogens is 288 g/mol. The summed E-state index contributed by atoms with van der Waals surface area (Å²) in [5.41, 5.74) is 1.17. The molecule has 0 aromatic carbocycles. The summed E-state index contributed by atoms with van der Waals surface area (Å²) >= 11 is 2.82. The summed E-state index contributed by atoms with van der Waals surface area (Å²) in [6, 6.07) is 3.64. The lowest BCUT2D eigenvalue weighted by Gasteiger charge is -2.08. The number of ketones is 2. The molecule has 0 bridgehead atoms. The minimum Gasteiger partial charge on any atom is -0.288 e. The van der Waals surface area contributed by atoms with Gasteiger partial charge in [0.1, 0.15) is 0 Å². The van der Waals surface area contributed by atoms with Crippen LogP contribution in [0, 0.1) is 13.8 Å². The van der Waals surface area contributed by atoms with Gasteiger partial charge in [-0.05, 0) is 26.0 Å². The van der Waals surface area contributed by atoms with Gasteiger partial charge < -0.3 is 0 Å². The highest BCUT2D eigenvalue weighted by atomic mass is 32.1. The molecule has 2 nitrogen and oxygen atoms in total. The van der Waals surface area contributed by atoms with Crippen LogP contribution in [0.4, 0.5) is 0 Å². The molecule has 0 atom stereocenters. The first-order chi connectivity index (χ1) is 9.58. The summed E-state index contributed by atoms with van der Waals surface area (Å²) in [6.07, 6.45) is 0. The predicted molar refractivity (Wildman–Crippen MR) is 87.7 cm³/mol. The van der Waals surface area contributed by atoms with Crippen LogP contribution in [0.25, 0.3) is 0 Å². The number of hydrogen-bond donors (Lipinski definition) is 0. The maximum absolute atomic E-state index is 12.1. The van der Waals surface area contributed by atoms with Crippen molar-refractivity contribution in [3.63, 3.8) is 0 Å². The summed E-state index contributed by atoms with van der Waals surface area (Å²) in [6.45, 7) is 11.8. The molecule has 0 saturated heterocycles. The number of rotatable bonds is 0. The third-order valence-electron chi connectivity index (χ3n) is 2.61. The van der Waals surface area contributed by atoms with Crippen molar-refractivity contribution in [3.05, 3.63) is 42.8 Å². The Morgan fingerprint density at radius 3 is 1.30 bits per heavy atom. The Bertz CT molecular complexity index is 530. The monoisotopic (exact) mass is 308 g/mol. The fourth-order valence-corrected chi connectivity index (χ4v) is 3.87. The van der Waals surface area contributed by atoms with E-state index in [1.54, 1.807) is 0 Å². The van der Waals surface area contributed by atoms with Crippen molar-refractivity contribution in [1.82, 2.24) is 0 Å². The van der Waals surface area contributed by atoms with Crippen LogP contribution >= 0.6 is 22.7 Å². The molecule has 0 fully saturated rings. The fourth-order valence-electron chi connectivity index (χ4n) is 1.95. The highest BCUT2D eigenvalue weighted by molar-refractivity contribution is 7.17. The average Bonchev–Trinajstić information content (AvgIpc) is 3.04. The first-order valence-corrected chi connectivity index (χ1v) is 8.51. The number of fused-ring (bicyclic) bond motifs is 2. The van der Waals surface area contributed by atoms with Crippen LogP contribution < -0.4 is 0 Å². The van der Waals surface area contributed by atoms with E-state index in [-0.39, 0.29) is 11.6 Å². The minimum atomic E-state index is 0.00653. The van der Waals surface area contributed by atoms with Crippen molar-refractivity contribution >= 4 is 34.2 Å². The van der Waals surface area contributed by atoms with Gasteiger partial charge in [-0.2, -0.15) is 0 Å². The zero-order valence-electron chi connectivity index (χ0n) is 12.8. The Kier molecular flexibility index (Phi) is 5.84. The molecule has 20 heavy (non-hydrogen) atoms. The molecule has 1 aliphatic carbocycles. The Labute approximate surface area is 128 Å². The maximum atomic E-state index is 12.1. The SMILES string of the molecule is CC.CC.Cc1cc2c(s1)C(=O)c1cc(C)sc1C2=O. The van der Waals surface area contributed by atoms with Crippen molar-refractivity contribution < 1.29 is 9.59 Å². The molecule has 0 unspecified atom stereocenters. The first-order valence-electron chi connectivity index (χ1n) is 6.88. The second-order valence-electron chi connectivity index (χ2n) is 3.86.